The molecule has 1 aromatic heterocycles. The van der Waals surface area contributed by atoms with E-state index in [-0.39, 0.29) is 11.9 Å². The average molecular weight is 279 g/mol. The van der Waals surface area contributed by atoms with Crippen molar-refractivity contribution in [3.05, 3.63) is 5.89 Å². The number of piperidine rings is 1. The topological polar surface area (TPSA) is 83.3 Å². The number of hydrogen-bond donors (Lipinski definition) is 2. The maximum absolute atomic E-state index is 12.0. The molecule has 7 nitrogen and oxygen atoms in total. The largest absolute Gasteiger partial charge is 0.408 e. The first kappa shape index (κ1) is 13.5. The summed E-state index contributed by atoms with van der Waals surface area (Å²) in [5.41, 5.74) is 0. The molecule has 0 spiro atoms. The Morgan fingerprint density at radius 2 is 2.10 bits per heavy atom. The minimum Gasteiger partial charge on any atom is -0.408 e. The molecule has 2 unspecified atom stereocenters. The molecule has 7 heteroatoms. The van der Waals surface area contributed by atoms with Crippen LogP contribution in [0.4, 0.5) is 6.01 Å². The van der Waals surface area contributed by atoms with Crippen molar-refractivity contribution < 1.29 is 9.21 Å². The third-order valence-electron chi connectivity index (χ3n) is 4.24. The fraction of sp³-hybridized carbons (Fsp3) is 0.769. The quantitative estimate of drug-likeness (QED) is 0.836. The summed E-state index contributed by atoms with van der Waals surface area (Å²) >= 11 is 0. The highest BCUT2D eigenvalue weighted by Crippen LogP contribution is 2.29. The molecule has 0 aromatic carbocycles. The SMILES string of the molecule is Cc1nnc(NC(=O)CN(C)C2CC3CCC(C2)N3)o1. The lowest BCUT2D eigenvalue weighted by Crippen LogP contribution is -2.48. The van der Waals surface area contributed by atoms with Crippen LogP contribution in [0, 0.1) is 6.92 Å². The Bertz CT molecular complexity index is 477. The van der Waals surface area contributed by atoms with Crippen LogP contribution in [0.3, 0.4) is 0 Å². The van der Waals surface area contributed by atoms with E-state index < -0.39 is 0 Å². The molecule has 3 rings (SSSR count). The van der Waals surface area contributed by atoms with Crippen LogP contribution >= 0.6 is 0 Å². The molecule has 2 fully saturated rings. The van der Waals surface area contributed by atoms with Gasteiger partial charge in [-0.25, -0.2) is 0 Å². The summed E-state index contributed by atoms with van der Waals surface area (Å²) in [7, 11) is 2.01. The number of aromatic nitrogens is 2. The van der Waals surface area contributed by atoms with E-state index in [1.807, 2.05) is 7.05 Å². The van der Waals surface area contributed by atoms with Crippen LogP contribution in [-0.4, -0.2) is 52.7 Å². The lowest BCUT2D eigenvalue weighted by Gasteiger charge is -2.35. The minimum atomic E-state index is -0.109. The molecule has 20 heavy (non-hydrogen) atoms. The monoisotopic (exact) mass is 279 g/mol. The first-order valence-corrected chi connectivity index (χ1v) is 7.16. The molecule has 2 aliphatic rings. The van der Waals surface area contributed by atoms with E-state index in [1.54, 1.807) is 6.92 Å². The number of nitrogens with zero attached hydrogens (tertiary/aromatic N) is 3. The summed E-state index contributed by atoms with van der Waals surface area (Å²) in [6.07, 6.45) is 4.78. The molecule has 2 aliphatic heterocycles. The van der Waals surface area contributed by atoms with Crippen molar-refractivity contribution in [2.45, 2.75) is 50.7 Å². The van der Waals surface area contributed by atoms with Gasteiger partial charge >= 0.3 is 6.01 Å². The van der Waals surface area contributed by atoms with Crippen LogP contribution in [0.2, 0.25) is 0 Å². The van der Waals surface area contributed by atoms with Gasteiger partial charge in [-0.05, 0) is 32.7 Å². The van der Waals surface area contributed by atoms with Gasteiger partial charge < -0.3 is 9.73 Å². The van der Waals surface area contributed by atoms with Gasteiger partial charge in [0, 0.05) is 25.0 Å². The number of aryl methyl sites for hydroxylation is 1. The zero-order valence-corrected chi connectivity index (χ0v) is 11.9. The maximum Gasteiger partial charge on any atom is 0.322 e. The average Bonchev–Trinajstić information content (AvgIpc) is 2.95. The van der Waals surface area contributed by atoms with E-state index in [0.717, 1.165) is 12.8 Å². The Morgan fingerprint density at radius 1 is 1.40 bits per heavy atom. The molecule has 2 bridgehead atoms. The first-order valence-electron chi connectivity index (χ1n) is 7.16. The number of amides is 1. The Balaban J connectivity index is 1.50. The molecule has 3 heterocycles. The van der Waals surface area contributed by atoms with E-state index in [0.29, 0.717) is 30.6 Å². The van der Waals surface area contributed by atoms with Gasteiger partial charge in [0.05, 0.1) is 6.54 Å². The molecular formula is C13H21N5O2. The van der Waals surface area contributed by atoms with Crippen molar-refractivity contribution in [3.63, 3.8) is 0 Å². The van der Waals surface area contributed by atoms with E-state index >= 15 is 0 Å². The van der Waals surface area contributed by atoms with Crippen molar-refractivity contribution in [3.8, 4) is 0 Å². The van der Waals surface area contributed by atoms with Gasteiger partial charge in [-0.15, -0.1) is 5.10 Å². The van der Waals surface area contributed by atoms with E-state index in [9.17, 15) is 4.79 Å². The standard InChI is InChI=1S/C13H21N5O2/c1-8-16-17-13(20-8)15-12(19)7-18(2)11-5-9-3-4-10(6-11)14-9/h9-11,14H,3-7H2,1-2H3,(H,15,17,19). The van der Waals surface area contributed by atoms with Crippen LogP contribution in [0.15, 0.2) is 4.42 Å². The van der Waals surface area contributed by atoms with Crippen LogP contribution in [0.1, 0.15) is 31.6 Å². The second kappa shape index (κ2) is 5.49. The van der Waals surface area contributed by atoms with Gasteiger partial charge in [-0.1, -0.05) is 5.10 Å². The van der Waals surface area contributed by atoms with Crippen molar-refractivity contribution in [1.29, 1.82) is 0 Å². The fourth-order valence-electron chi connectivity index (χ4n) is 3.25. The van der Waals surface area contributed by atoms with Crippen LogP contribution in [0.5, 0.6) is 0 Å². The number of fused-ring (bicyclic) bond motifs is 2. The van der Waals surface area contributed by atoms with Crippen LogP contribution in [-0.2, 0) is 4.79 Å². The van der Waals surface area contributed by atoms with Gasteiger partial charge in [0.1, 0.15) is 0 Å². The minimum absolute atomic E-state index is 0.109. The van der Waals surface area contributed by atoms with Gasteiger partial charge in [-0.3, -0.25) is 15.0 Å². The highest BCUT2D eigenvalue weighted by Gasteiger charge is 2.35. The fourth-order valence-corrected chi connectivity index (χ4v) is 3.25. The van der Waals surface area contributed by atoms with E-state index in [4.69, 9.17) is 4.42 Å². The lowest BCUT2D eigenvalue weighted by atomic mass is 9.98. The molecule has 1 amide bonds. The zero-order chi connectivity index (χ0) is 14.1. The predicted molar refractivity (Wildman–Crippen MR) is 73.3 cm³/mol. The second-order valence-corrected chi connectivity index (χ2v) is 5.85. The number of likely N-dealkylation sites (N-methyl/N-ethyl adjacent to an activating group) is 1. The molecule has 0 radical (unpaired) electrons. The summed E-state index contributed by atoms with van der Waals surface area (Å²) in [6, 6.07) is 1.90. The molecule has 2 saturated heterocycles. The third kappa shape index (κ3) is 2.99. The van der Waals surface area contributed by atoms with Crippen LogP contribution in [0.25, 0.3) is 0 Å². The summed E-state index contributed by atoms with van der Waals surface area (Å²) in [6.45, 7) is 2.05. The smallest absolute Gasteiger partial charge is 0.322 e. The summed E-state index contributed by atoms with van der Waals surface area (Å²) in [5.74, 6) is 0.339. The molecule has 2 N–H and O–H groups in total. The Labute approximate surface area is 118 Å². The number of carbonyl (C=O) groups is 1. The number of nitrogens with one attached hydrogen (secondary N) is 2. The highest BCUT2D eigenvalue weighted by atomic mass is 16.4. The molecule has 2 atom stereocenters. The number of rotatable bonds is 4. The normalized spacial score (nSPS) is 28.9. The van der Waals surface area contributed by atoms with Gasteiger partial charge in [0.15, 0.2) is 0 Å². The highest BCUT2D eigenvalue weighted by molar-refractivity contribution is 5.90. The van der Waals surface area contributed by atoms with Crippen LogP contribution < -0.4 is 10.6 Å². The Kier molecular flexibility index (Phi) is 3.71. The Hall–Kier alpha value is -1.47. The van der Waals surface area contributed by atoms with Gasteiger partial charge in [0.2, 0.25) is 11.8 Å². The van der Waals surface area contributed by atoms with E-state index in [1.165, 1.54) is 12.8 Å². The zero-order valence-electron chi connectivity index (χ0n) is 11.9. The molecule has 0 aliphatic carbocycles. The third-order valence-corrected chi connectivity index (χ3v) is 4.24. The molecular weight excluding hydrogens is 258 g/mol. The van der Waals surface area contributed by atoms with Crippen molar-refractivity contribution >= 4 is 11.9 Å². The molecule has 110 valence electrons. The summed E-state index contributed by atoms with van der Waals surface area (Å²) in [4.78, 5) is 14.1. The number of carbonyl (C=O) groups excluding carboxylic acids is 1. The maximum atomic E-state index is 12.0. The van der Waals surface area contributed by atoms with Gasteiger partial charge in [-0.2, -0.15) is 0 Å². The summed E-state index contributed by atoms with van der Waals surface area (Å²) < 4.78 is 5.14. The first-order chi connectivity index (χ1) is 9.60. The predicted octanol–water partition coefficient (Wildman–Crippen LogP) is 0.531. The second-order valence-electron chi connectivity index (χ2n) is 5.85. The number of hydrogen-bond acceptors (Lipinski definition) is 6. The lowest BCUT2D eigenvalue weighted by molar-refractivity contribution is -0.117. The van der Waals surface area contributed by atoms with Crippen molar-refractivity contribution in [1.82, 2.24) is 20.4 Å². The van der Waals surface area contributed by atoms with Crippen molar-refractivity contribution in [2.75, 3.05) is 18.9 Å². The molecule has 0 saturated carbocycles. The summed E-state index contributed by atoms with van der Waals surface area (Å²) in [5, 5.41) is 13.7. The number of anilines is 1. The van der Waals surface area contributed by atoms with Crippen molar-refractivity contribution in [2.24, 2.45) is 0 Å². The molecule has 1 aromatic rings. The van der Waals surface area contributed by atoms with E-state index in [2.05, 4.69) is 25.7 Å². The van der Waals surface area contributed by atoms with Gasteiger partial charge in [0.25, 0.3) is 0 Å². The Morgan fingerprint density at radius 3 is 2.70 bits per heavy atom.